The number of hydrogen-bond acceptors (Lipinski definition) is 2. The predicted molar refractivity (Wildman–Crippen MR) is 81.2 cm³/mol. The van der Waals surface area contributed by atoms with Crippen molar-refractivity contribution in [2.24, 2.45) is 17.6 Å². The van der Waals surface area contributed by atoms with Crippen molar-refractivity contribution in [2.75, 3.05) is 0 Å². The molecule has 1 aliphatic heterocycles. The lowest BCUT2D eigenvalue weighted by Gasteiger charge is -2.38. The van der Waals surface area contributed by atoms with Crippen LogP contribution in [0.25, 0.3) is 0 Å². The Morgan fingerprint density at radius 2 is 1.95 bits per heavy atom. The Morgan fingerprint density at radius 1 is 1.21 bits per heavy atom. The fourth-order valence-corrected chi connectivity index (χ4v) is 3.83. The zero-order chi connectivity index (χ0) is 13.4. The Hall–Kier alpha value is -0.540. The van der Waals surface area contributed by atoms with Crippen LogP contribution in [0.15, 0.2) is 22.7 Å². The topological polar surface area (TPSA) is 35.2 Å². The van der Waals surface area contributed by atoms with E-state index in [4.69, 9.17) is 10.5 Å². The fraction of sp³-hybridized carbons (Fsp3) is 0.625. The number of ether oxygens (including phenoxy) is 1. The molecule has 19 heavy (non-hydrogen) atoms. The highest BCUT2D eigenvalue weighted by Crippen LogP contribution is 2.41. The van der Waals surface area contributed by atoms with Gasteiger partial charge in [-0.05, 0) is 42.9 Å². The largest absolute Gasteiger partial charge is 0.490 e. The van der Waals surface area contributed by atoms with E-state index in [9.17, 15) is 0 Å². The molecular weight excluding hydrogens is 302 g/mol. The summed E-state index contributed by atoms with van der Waals surface area (Å²) in [6, 6.07) is 6.30. The molecule has 1 saturated carbocycles. The van der Waals surface area contributed by atoms with Crippen LogP contribution in [0.5, 0.6) is 5.75 Å². The van der Waals surface area contributed by atoms with Crippen molar-refractivity contribution in [1.29, 1.82) is 0 Å². The van der Waals surface area contributed by atoms with Crippen molar-refractivity contribution in [3.05, 3.63) is 28.2 Å². The van der Waals surface area contributed by atoms with Crippen molar-refractivity contribution in [2.45, 2.75) is 51.2 Å². The first-order valence-corrected chi connectivity index (χ1v) is 8.14. The minimum atomic E-state index is 0.116. The average molecular weight is 324 g/mol. The number of hydrogen-bond donors (Lipinski definition) is 1. The van der Waals surface area contributed by atoms with Gasteiger partial charge in [0.05, 0.1) is 0 Å². The van der Waals surface area contributed by atoms with Gasteiger partial charge in [-0.25, -0.2) is 0 Å². The second-order valence-electron chi connectivity index (χ2n) is 6.20. The van der Waals surface area contributed by atoms with E-state index >= 15 is 0 Å². The van der Waals surface area contributed by atoms with Crippen LogP contribution >= 0.6 is 15.9 Å². The van der Waals surface area contributed by atoms with E-state index in [-0.39, 0.29) is 6.04 Å². The third kappa shape index (κ3) is 2.82. The van der Waals surface area contributed by atoms with E-state index in [0.29, 0.717) is 12.0 Å². The second-order valence-corrected chi connectivity index (χ2v) is 7.12. The van der Waals surface area contributed by atoms with Gasteiger partial charge >= 0.3 is 0 Å². The van der Waals surface area contributed by atoms with Gasteiger partial charge in [0, 0.05) is 22.5 Å². The summed E-state index contributed by atoms with van der Waals surface area (Å²) in [6.07, 6.45) is 6.55. The van der Waals surface area contributed by atoms with E-state index in [0.717, 1.165) is 28.1 Å². The fourth-order valence-electron chi connectivity index (χ4n) is 3.45. The van der Waals surface area contributed by atoms with Crippen molar-refractivity contribution in [3.63, 3.8) is 0 Å². The summed E-state index contributed by atoms with van der Waals surface area (Å²) in [7, 11) is 0. The molecule has 0 aromatic heterocycles. The zero-order valence-electron chi connectivity index (χ0n) is 11.4. The molecule has 1 aromatic rings. The Bertz CT molecular complexity index is 454. The molecule has 104 valence electrons. The molecule has 3 heteroatoms. The van der Waals surface area contributed by atoms with Gasteiger partial charge in [0.2, 0.25) is 0 Å². The average Bonchev–Trinajstić information content (AvgIpc) is 2.40. The Balaban J connectivity index is 1.75. The van der Waals surface area contributed by atoms with E-state index in [1.807, 2.05) is 6.07 Å². The molecule has 2 aliphatic rings. The smallest absolute Gasteiger partial charge is 0.124 e. The molecule has 2 unspecified atom stereocenters. The quantitative estimate of drug-likeness (QED) is 0.829. The number of fused-ring (bicyclic) bond motifs is 1. The normalized spacial score (nSPS) is 34.5. The maximum atomic E-state index is 6.34. The lowest BCUT2D eigenvalue weighted by molar-refractivity contribution is 0.0703. The lowest BCUT2D eigenvalue weighted by atomic mass is 9.77. The Morgan fingerprint density at radius 3 is 2.68 bits per heavy atom. The summed E-state index contributed by atoms with van der Waals surface area (Å²) in [5.74, 6) is 2.57. The van der Waals surface area contributed by atoms with Gasteiger partial charge in [0.1, 0.15) is 11.9 Å². The van der Waals surface area contributed by atoms with Crippen LogP contribution in [0, 0.1) is 11.8 Å². The minimum absolute atomic E-state index is 0.116. The molecule has 2 nitrogen and oxygen atoms in total. The summed E-state index contributed by atoms with van der Waals surface area (Å²) in [5.41, 5.74) is 7.49. The standard InChI is InChI=1S/C16H22BrNO/c1-10-2-4-11(5-3-10)16-9-14(18)13-8-12(17)6-7-15(13)19-16/h6-8,10-11,14,16H,2-5,9,18H2,1H3. The first-order valence-electron chi connectivity index (χ1n) is 7.35. The van der Waals surface area contributed by atoms with Crippen LogP contribution in [-0.2, 0) is 0 Å². The van der Waals surface area contributed by atoms with Crippen LogP contribution in [0.2, 0.25) is 0 Å². The zero-order valence-corrected chi connectivity index (χ0v) is 13.0. The lowest BCUT2D eigenvalue weighted by Crippen LogP contribution is -2.36. The molecule has 1 aromatic carbocycles. The van der Waals surface area contributed by atoms with Crippen LogP contribution in [-0.4, -0.2) is 6.10 Å². The summed E-state index contributed by atoms with van der Waals surface area (Å²) >= 11 is 3.51. The number of rotatable bonds is 1. The highest BCUT2D eigenvalue weighted by molar-refractivity contribution is 9.10. The van der Waals surface area contributed by atoms with Gasteiger partial charge in [0.25, 0.3) is 0 Å². The molecule has 1 heterocycles. The van der Waals surface area contributed by atoms with Gasteiger partial charge in [-0.15, -0.1) is 0 Å². The molecule has 3 rings (SSSR count). The molecule has 1 fully saturated rings. The molecule has 0 saturated heterocycles. The Kier molecular flexibility index (Phi) is 3.86. The van der Waals surface area contributed by atoms with Crippen molar-refractivity contribution in [3.8, 4) is 5.75 Å². The van der Waals surface area contributed by atoms with Gasteiger partial charge in [0.15, 0.2) is 0 Å². The van der Waals surface area contributed by atoms with Gasteiger partial charge in [-0.2, -0.15) is 0 Å². The van der Waals surface area contributed by atoms with E-state index in [1.54, 1.807) is 0 Å². The predicted octanol–water partition coefficient (Wildman–Crippen LogP) is 4.43. The van der Waals surface area contributed by atoms with Crippen molar-refractivity contribution >= 4 is 15.9 Å². The van der Waals surface area contributed by atoms with Crippen LogP contribution in [0.4, 0.5) is 0 Å². The second kappa shape index (κ2) is 5.45. The van der Waals surface area contributed by atoms with Crippen molar-refractivity contribution < 1.29 is 4.74 Å². The third-order valence-electron chi connectivity index (χ3n) is 4.72. The van der Waals surface area contributed by atoms with Crippen LogP contribution in [0.1, 0.15) is 50.6 Å². The molecular formula is C16H22BrNO. The maximum Gasteiger partial charge on any atom is 0.124 e. The first-order chi connectivity index (χ1) is 9.13. The van der Waals surface area contributed by atoms with Crippen LogP contribution < -0.4 is 10.5 Å². The molecule has 1 aliphatic carbocycles. The Labute approximate surface area is 123 Å². The molecule has 2 atom stereocenters. The van der Waals surface area contributed by atoms with Gasteiger partial charge in [-0.1, -0.05) is 35.7 Å². The summed E-state index contributed by atoms with van der Waals surface area (Å²) < 4.78 is 7.31. The SMILES string of the molecule is CC1CCC(C2CC(N)c3cc(Br)ccc3O2)CC1. The maximum absolute atomic E-state index is 6.34. The van der Waals surface area contributed by atoms with E-state index < -0.39 is 0 Å². The third-order valence-corrected chi connectivity index (χ3v) is 5.22. The molecule has 2 N–H and O–H groups in total. The number of benzene rings is 1. The highest BCUT2D eigenvalue weighted by Gasteiger charge is 2.33. The summed E-state index contributed by atoms with van der Waals surface area (Å²) in [4.78, 5) is 0. The summed E-state index contributed by atoms with van der Waals surface area (Å²) in [6.45, 7) is 2.36. The summed E-state index contributed by atoms with van der Waals surface area (Å²) in [5, 5.41) is 0. The van der Waals surface area contributed by atoms with Gasteiger partial charge in [-0.3, -0.25) is 0 Å². The van der Waals surface area contributed by atoms with E-state index in [1.165, 1.54) is 25.7 Å². The molecule has 0 amide bonds. The van der Waals surface area contributed by atoms with E-state index in [2.05, 4.69) is 35.0 Å². The number of nitrogens with two attached hydrogens (primary N) is 1. The highest BCUT2D eigenvalue weighted by atomic mass is 79.9. The minimum Gasteiger partial charge on any atom is -0.490 e. The van der Waals surface area contributed by atoms with Gasteiger partial charge < -0.3 is 10.5 Å². The first kappa shape index (κ1) is 13.4. The van der Waals surface area contributed by atoms with Crippen molar-refractivity contribution in [1.82, 2.24) is 0 Å². The number of halogens is 1. The molecule has 0 spiro atoms. The molecule has 0 radical (unpaired) electrons. The monoisotopic (exact) mass is 323 g/mol. The molecule has 0 bridgehead atoms. The van der Waals surface area contributed by atoms with Crippen LogP contribution in [0.3, 0.4) is 0 Å².